The van der Waals surface area contributed by atoms with E-state index in [4.69, 9.17) is 4.74 Å². The average Bonchev–Trinajstić information content (AvgIpc) is 2.78. The number of carbonyl (C=O) groups excluding carboxylic acids is 2. The molecule has 2 aliphatic carbocycles. The molecule has 0 radical (unpaired) electrons. The number of ether oxygens (including phenoxy) is 1. The number of aryl methyl sites for hydroxylation is 1. The van der Waals surface area contributed by atoms with Crippen LogP contribution in [0.25, 0.3) is 0 Å². The van der Waals surface area contributed by atoms with Crippen molar-refractivity contribution in [3.8, 4) is 0 Å². The van der Waals surface area contributed by atoms with E-state index in [-0.39, 0.29) is 29.5 Å². The van der Waals surface area contributed by atoms with Gasteiger partial charge in [-0.1, -0.05) is 6.42 Å². The Balaban J connectivity index is 1.54. The zero-order chi connectivity index (χ0) is 18.2. The van der Waals surface area contributed by atoms with Crippen molar-refractivity contribution in [1.29, 1.82) is 0 Å². The zero-order valence-electron chi connectivity index (χ0n) is 15.5. The van der Waals surface area contributed by atoms with E-state index in [1.54, 1.807) is 12.5 Å². The van der Waals surface area contributed by atoms with Crippen LogP contribution in [0.1, 0.15) is 52.1 Å². The maximum atomic E-state index is 12.3. The number of nitrogens with one attached hydrogen (secondary N) is 2. The Labute approximate surface area is 148 Å². The number of hydrogen-bond donors (Lipinski definition) is 2. The average molecular weight is 348 g/mol. The van der Waals surface area contributed by atoms with Gasteiger partial charge in [-0.25, -0.2) is 9.78 Å². The van der Waals surface area contributed by atoms with E-state index in [1.165, 1.54) is 0 Å². The van der Waals surface area contributed by atoms with Crippen LogP contribution in [0.3, 0.4) is 0 Å². The van der Waals surface area contributed by atoms with Crippen molar-refractivity contribution < 1.29 is 14.3 Å². The van der Waals surface area contributed by atoms with Crippen LogP contribution in [0.15, 0.2) is 12.5 Å². The summed E-state index contributed by atoms with van der Waals surface area (Å²) in [5.74, 6) is 0.00981. The second-order valence-corrected chi connectivity index (χ2v) is 8.31. The fourth-order valence-corrected chi connectivity index (χ4v) is 3.89. The van der Waals surface area contributed by atoms with Gasteiger partial charge in [0.1, 0.15) is 5.60 Å². The van der Waals surface area contributed by atoms with Gasteiger partial charge in [-0.2, -0.15) is 0 Å². The van der Waals surface area contributed by atoms with Crippen molar-refractivity contribution in [3.05, 3.63) is 18.2 Å². The lowest BCUT2D eigenvalue weighted by atomic mass is 9.50. The molecule has 7 nitrogen and oxygen atoms in total. The first-order valence-electron chi connectivity index (χ1n) is 8.94. The maximum absolute atomic E-state index is 12.3. The summed E-state index contributed by atoms with van der Waals surface area (Å²) in [6.45, 7) is 5.57. The fourth-order valence-electron chi connectivity index (χ4n) is 3.89. The van der Waals surface area contributed by atoms with Crippen molar-refractivity contribution in [3.63, 3.8) is 0 Å². The summed E-state index contributed by atoms with van der Waals surface area (Å²) in [4.78, 5) is 28.4. The molecule has 2 aliphatic rings. The van der Waals surface area contributed by atoms with Gasteiger partial charge >= 0.3 is 6.09 Å². The molecule has 2 saturated carbocycles. The number of imidazole rings is 1. The van der Waals surface area contributed by atoms with Gasteiger partial charge in [0.2, 0.25) is 5.91 Å². The topological polar surface area (TPSA) is 85.3 Å². The molecule has 2 N–H and O–H groups in total. The van der Waals surface area contributed by atoms with Crippen LogP contribution in [0, 0.1) is 5.41 Å². The Morgan fingerprint density at radius 2 is 2.00 bits per heavy atom. The number of nitrogens with zero attached hydrogens (tertiary/aromatic N) is 2. The molecule has 2 atom stereocenters. The molecule has 138 valence electrons. The molecular weight excluding hydrogens is 320 g/mol. The number of hydrogen-bond acceptors (Lipinski definition) is 4. The molecule has 1 aromatic heterocycles. The van der Waals surface area contributed by atoms with Gasteiger partial charge in [-0.05, 0) is 40.0 Å². The van der Waals surface area contributed by atoms with Gasteiger partial charge in [0.05, 0.1) is 12.7 Å². The van der Waals surface area contributed by atoms with Gasteiger partial charge in [-0.15, -0.1) is 0 Å². The van der Waals surface area contributed by atoms with Crippen LogP contribution in [-0.4, -0.2) is 39.2 Å². The third kappa shape index (κ3) is 3.65. The van der Waals surface area contributed by atoms with Crippen molar-refractivity contribution >= 4 is 12.0 Å². The third-order valence-corrected chi connectivity index (χ3v) is 5.43. The number of rotatable bonds is 4. The highest BCUT2D eigenvalue weighted by atomic mass is 16.6. The van der Waals surface area contributed by atoms with E-state index in [9.17, 15) is 9.59 Å². The number of alkyl carbamates (subject to hydrolysis) is 1. The summed E-state index contributed by atoms with van der Waals surface area (Å²) in [6, 6.07) is 0.208. The second kappa shape index (κ2) is 6.35. The van der Waals surface area contributed by atoms with E-state index in [0.29, 0.717) is 6.42 Å². The Bertz CT molecular complexity index is 658. The Hall–Kier alpha value is -2.05. The Morgan fingerprint density at radius 1 is 1.32 bits per heavy atom. The highest BCUT2D eigenvalue weighted by Gasteiger charge is 2.59. The molecule has 0 saturated heterocycles. The molecule has 2 fully saturated rings. The zero-order valence-corrected chi connectivity index (χ0v) is 15.5. The Kier molecular flexibility index (Phi) is 4.51. The summed E-state index contributed by atoms with van der Waals surface area (Å²) in [5.41, 5.74) is 0.388. The largest absolute Gasteiger partial charge is 0.444 e. The highest BCUT2D eigenvalue weighted by Crippen LogP contribution is 2.56. The fraction of sp³-hybridized carbons (Fsp3) is 0.722. The van der Waals surface area contributed by atoms with Gasteiger partial charge in [0, 0.05) is 36.4 Å². The molecule has 0 aliphatic heterocycles. The van der Waals surface area contributed by atoms with Gasteiger partial charge < -0.3 is 19.9 Å². The molecule has 7 heteroatoms. The van der Waals surface area contributed by atoms with E-state index in [0.717, 1.165) is 31.4 Å². The Morgan fingerprint density at radius 3 is 2.52 bits per heavy atom. The van der Waals surface area contributed by atoms with Crippen LogP contribution < -0.4 is 10.6 Å². The van der Waals surface area contributed by atoms with Gasteiger partial charge in [0.15, 0.2) is 0 Å². The lowest BCUT2D eigenvalue weighted by Gasteiger charge is -2.61. The smallest absolute Gasteiger partial charge is 0.407 e. The van der Waals surface area contributed by atoms with E-state index in [1.807, 2.05) is 32.4 Å². The molecule has 1 aromatic rings. The predicted octanol–water partition coefficient (Wildman–Crippen LogP) is 1.91. The van der Waals surface area contributed by atoms with Crippen molar-refractivity contribution in [2.45, 2.75) is 70.6 Å². The van der Waals surface area contributed by atoms with Gasteiger partial charge in [0.25, 0.3) is 0 Å². The third-order valence-electron chi connectivity index (χ3n) is 5.43. The molecule has 0 bridgehead atoms. The van der Waals surface area contributed by atoms with Crippen LogP contribution in [0.2, 0.25) is 0 Å². The molecule has 0 aromatic carbocycles. The van der Waals surface area contributed by atoms with Crippen LogP contribution in [-0.2, 0) is 23.0 Å². The normalized spacial score (nSPS) is 24.2. The van der Waals surface area contributed by atoms with Crippen LogP contribution >= 0.6 is 0 Å². The standard InChI is InChI=1S/C18H28N4O3/c1-17(2,3)25-16(24)21-14-9-13(18(14)6-5-7-18)20-15(23)8-12-10-19-11-22(12)4/h10-11,13-14H,5-9H2,1-4H3,(H,20,23)(H,21,24). The molecular formula is C18H28N4O3. The number of carbonyl (C=O) groups is 2. The minimum atomic E-state index is -0.503. The molecule has 2 unspecified atom stereocenters. The summed E-state index contributed by atoms with van der Waals surface area (Å²) < 4.78 is 7.21. The van der Waals surface area contributed by atoms with E-state index < -0.39 is 5.60 Å². The van der Waals surface area contributed by atoms with Crippen LogP contribution in [0.5, 0.6) is 0 Å². The minimum Gasteiger partial charge on any atom is -0.444 e. The second-order valence-electron chi connectivity index (χ2n) is 8.31. The first-order chi connectivity index (χ1) is 11.7. The first kappa shape index (κ1) is 17.8. The SMILES string of the molecule is Cn1cncc1CC(=O)NC1CC(NC(=O)OC(C)(C)C)C12CCC2. The van der Waals surface area contributed by atoms with E-state index >= 15 is 0 Å². The van der Waals surface area contributed by atoms with Crippen molar-refractivity contribution in [2.24, 2.45) is 12.5 Å². The minimum absolute atomic E-state index is 0.000969. The lowest BCUT2D eigenvalue weighted by Crippen LogP contribution is -2.71. The number of aromatic nitrogens is 2. The molecule has 2 amide bonds. The molecule has 3 rings (SSSR count). The van der Waals surface area contributed by atoms with Crippen molar-refractivity contribution in [2.75, 3.05) is 0 Å². The summed E-state index contributed by atoms with van der Waals surface area (Å²) >= 11 is 0. The highest BCUT2D eigenvalue weighted by molar-refractivity contribution is 5.79. The quantitative estimate of drug-likeness (QED) is 0.870. The van der Waals surface area contributed by atoms with Gasteiger partial charge in [-0.3, -0.25) is 4.79 Å². The number of amides is 2. The molecule has 1 heterocycles. The lowest BCUT2D eigenvalue weighted by molar-refractivity contribution is -0.128. The van der Waals surface area contributed by atoms with Crippen molar-refractivity contribution in [1.82, 2.24) is 20.2 Å². The van der Waals surface area contributed by atoms with E-state index in [2.05, 4.69) is 15.6 Å². The summed E-state index contributed by atoms with van der Waals surface area (Å²) in [6.07, 6.45) is 7.33. The molecule has 1 spiro atoms. The maximum Gasteiger partial charge on any atom is 0.407 e. The summed E-state index contributed by atoms with van der Waals surface area (Å²) in [7, 11) is 1.88. The molecule has 25 heavy (non-hydrogen) atoms. The van der Waals surface area contributed by atoms with Crippen LogP contribution in [0.4, 0.5) is 4.79 Å². The predicted molar refractivity (Wildman–Crippen MR) is 92.9 cm³/mol. The first-order valence-corrected chi connectivity index (χ1v) is 8.94. The summed E-state index contributed by atoms with van der Waals surface area (Å²) in [5, 5.41) is 6.15. The monoisotopic (exact) mass is 348 g/mol.